The number of nitrogen functional groups attached to an aromatic ring is 1. The highest BCUT2D eigenvalue weighted by atomic mass is 79.9. The third kappa shape index (κ3) is 2.54. The number of nitrogens with two attached hydrogens (primary N) is 1. The summed E-state index contributed by atoms with van der Waals surface area (Å²) in [6.07, 6.45) is 3.37. The molecule has 0 radical (unpaired) electrons. The zero-order chi connectivity index (χ0) is 15.0. The van der Waals surface area contributed by atoms with Crippen molar-refractivity contribution in [3.8, 4) is 0 Å². The van der Waals surface area contributed by atoms with Crippen molar-refractivity contribution in [1.82, 2.24) is 9.97 Å². The summed E-state index contributed by atoms with van der Waals surface area (Å²) >= 11 is 9.72. The number of hydrogen-bond acceptors (Lipinski definition) is 4. The second-order valence-corrected chi connectivity index (χ2v) is 5.82. The smallest absolute Gasteiger partial charge is 0.145 e. The van der Waals surface area contributed by atoms with Crippen LogP contribution in [0.2, 0.25) is 5.02 Å². The Morgan fingerprint density at radius 2 is 2.05 bits per heavy atom. The molecule has 2 aromatic heterocycles. The molecule has 0 saturated heterocycles. The van der Waals surface area contributed by atoms with E-state index in [1.54, 1.807) is 12.4 Å². The van der Waals surface area contributed by atoms with Gasteiger partial charge in [0.2, 0.25) is 0 Å². The number of nitrogens with zero attached hydrogens (tertiary/aromatic N) is 2. The molecule has 0 aliphatic carbocycles. The van der Waals surface area contributed by atoms with E-state index >= 15 is 0 Å². The predicted molar refractivity (Wildman–Crippen MR) is 91.1 cm³/mol. The van der Waals surface area contributed by atoms with Crippen molar-refractivity contribution in [3.63, 3.8) is 0 Å². The highest BCUT2D eigenvalue weighted by Gasteiger charge is 2.11. The van der Waals surface area contributed by atoms with Gasteiger partial charge in [0.25, 0.3) is 0 Å². The van der Waals surface area contributed by atoms with E-state index in [1.807, 2.05) is 31.2 Å². The average molecular weight is 364 g/mol. The molecule has 106 valence electrons. The van der Waals surface area contributed by atoms with E-state index in [-0.39, 0.29) is 0 Å². The lowest BCUT2D eigenvalue weighted by molar-refractivity contribution is 1.25. The molecule has 0 saturated carbocycles. The number of fused-ring (bicyclic) bond motifs is 1. The summed E-state index contributed by atoms with van der Waals surface area (Å²) in [5, 5.41) is 4.84. The first-order valence-electron chi connectivity index (χ1n) is 6.28. The molecule has 3 N–H and O–H groups in total. The molecule has 0 spiro atoms. The first-order chi connectivity index (χ1) is 10.1. The summed E-state index contributed by atoms with van der Waals surface area (Å²) < 4.78 is 0.835. The highest BCUT2D eigenvalue weighted by Crippen LogP contribution is 2.33. The van der Waals surface area contributed by atoms with Gasteiger partial charge in [0.05, 0.1) is 32.6 Å². The van der Waals surface area contributed by atoms with Crippen LogP contribution in [0.4, 0.5) is 17.2 Å². The van der Waals surface area contributed by atoms with Gasteiger partial charge in [0.1, 0.15) is 5.82 Å². The number of anilines is 3. The van der Waals surface area contributed by atoms with Crippen LogP contribution in [0.25, 0.3) is 10.9 Å². The maximum absolute atomic E-state index is 6.20. The van der Waals surface area contributed by atoms with Gasteiger partial charge in [0, 0.05) is 11.6 Å². The fourth-order valence-corrected chi connectivity index (χ4v) is 2.69. The van der Waals surface area contributed by atoms with Crippen LogP contribution >= 0.6 is 27.5 Å². The van der Waals surface area contributed by atoms with E-state index in [9.17, 15) is 0 Å². The van der Waals surface area contributed by atoms with Crippen LogP contribution in [0, 0.1) is 6.92 Å². The molecule has 0 bridgehead atoms. The van der Waals surface area contributed by atoms with E-state index in [4.69, 9.17) is 17.3 Å². The maximum atomic E-state index is 6.20. The number of aromatic nitrogens is 2. The van der Waals surface area contributed by atoms with Crippen LogP contribution in [0.15, 0.2) is 41.1 Å². The van der Waals surface area contributed by atoms with E-state index in [2.05, 4.69) is 31.2 Å². The molecule has 3 rings (SSSR count). The fourth-order valence-electron chi connectivity index (χ4n) is 2.05. The summed E-state index contributed by atoms with van der Waals surface area (Å²) in [5.41, 5.74) is 9.07. The Balaban J connectivity index is 2.11. The lowest BCUT2D eigenvalue weighted by atomic mass is 10.2. The minimum absolute atomic E-state index is 0.645. The van der Waals surface area contributed by atoms with Crippen molar-refractivity contribution in [1.29, 1.82) is 0 Å². The molecular formula is C15H12BrClN4. The minimum atomic E-state index is 0.645. The number of nitrogens with one attached hydrogen (secondary N) is 1. The van der Waals surface area contributed by atoms with Crippen molar-refractivity contribution in [2.75, 3.05) is 11.1 Å². The Labute approximate surface area is 135 Å². The van der Waals surface area contributed by atoms with E-state index < -0.39 is 0 Å². The van der Waals surface area contributed by atoms with Crippen molar-refractivity contribution in [2.24, 2.45) is 0 Å². The average Bonchev–Trinajstić information content (AvgIpc) is 2.50. The molecular weight excluding hydrogens is 352 g/mol. The standard InChI is InChI=1S/C15H12BrClN4/c1-8-11(18)7-20-15(13(8)16)21-12-5-4-10(17)9-3-2-6-19-14(9)12/h2-7H,18H2,1H3,(H,20,21). The normalized spacial score (nSPS) is 10.8. The maximum Gasteiger partial charge on any atom is 0.145 e. The largest absolute Gasteiger partial charge is 0.397 e. The zero-order valence-electron chi connectivity index (χ0n) is 11.2. The molecule has 0 aliphatic rings. The molecule has 0 fully saturated rings. The van der Waals surface area contributed by atoms with E-state index in [1.165, 1.54) is 0 Å². The predicted octanol–water partition coefficient (Wildman–Crippen LogP) is 4.68. The molecule has 2 heterocycles. The Bertz CT molecular complexity index is 835. The number of benzene rings is 1. The third-order valence-electron chi connectivity index (χ3n) is 3.27. The van der Waals surface area contributed by atoms with Gasteiger partial charge in [-0.15, -0.1) is 0 Å². The first-order valence-corrected chi connectivity index (χ1v) is 7.46. The summed E-state index contributed by atoms with van der Waals surface area (Å²) in [6, 6.07) is 7.52. The van der Waals surface area contributed by atoms with Gasteiger partial charge in [-0.25, -0.2) is 4.98 Å². The SMILES string of the molecule is Cc1c(N)cnc(Nc2ccc(Cl)c3cccnc23)c1Br. The third-order valence-corrected chi connectivity index (χ3v) is 4.57. The number of hydrogen-bond donors (Lipinski definition) is 2. The minimum Gasteiger partial charge on any atom is -0.397 e. The summed E-state index contributed by atoms with van der Waals surface area (Å²) in [6.45, 7) is 1.94. The molecule has 0 atom stereocenters. The molecule has 0 aliphatic heterocycles. The first kappa shape index (κ1) is 14.1. The Morgan fingerprint density at radius 1 is 1.24 bits per heavy atom. The number of pyridine rings is 2. The van der Waals surface area contributed by atoms with Crippen LogP contribution in [-0.2, 0) is 0 Å². The molecule has 0 unspecified atom stereocenters. The van der Waals surface area contributed by atoms with Crippen molar-refractivity contribution in [3.05, 3.63) is 51.7 Å². The van der Waals surface area contributed by atoms with Crippen LogP contribution in [-0.4, -0.2) is 9.97 Å². The highest BCUT2D eigenvalue weighted by molar-refractivity contribution is 9.10. The quantitative estimate of drug-likeness (QED) is 0.694. The fraction of sp³-hybridized carbons (Fsp3) is 0.0667. The van der Waals surface area contributed by atoms with Crippen LogP contribution in [0.3, 0.4) is 0 Å². The monoisotopic (exact) mass is 362 g/mol. The van der Waals surface area contributed by atoms with Gasteiger partial charge in [0.15, 0.2) is 0 Å². The second kappa shape index (κ2) is 5.50. The van der Waals surface area contributed by atoms with Gasteiger partial charge in [-0.3, -0.25) is 4.98 Å². The molecule has 3 aromatic rings. The van der Waals surface area contributed by atoms with E-state index in [0.717, 1.165) is 26.6 Å². The van der Waals surface area contributed by atoms with Crippen LogP contribution in [0.1, 0.15) is 5.56 Å². The lowest BCUT2D eigenvalue weighted by Crippen LogP contribution is -2.00. The van der Waals surface area contributed by atoms with Crippen molar-refractivity contribution < 1.29 is 0 Å². The lowest BCUT2D eigenvalue weighted by Gasteiger charge is -2.12. The van der Waals surface area contributed by atoms with Gasteiger partial charge in [-0.05, 0) is 52.7 Å². The second-order valence-electron chi connectivity index (χ2n) is 4.62. The molecule has 21 heavy (non-hydrogen) atoms. The Morgan fingerprint density at radius 3 is 2.86 bits per heavy atom. The molecule has 6 heteroatoms. The Hall–Kier alpha value is -1.85. The molecule has 1 aromatic carbocycles. The topological polar surface area (TPSA) is 63.8 Å². The summed E-state index contributed by atoms with van der Waals surface area (Å²) in [7, 11) is 0. The summed E-state index contributed by atoms with van der Waals surface area (Å²) in [5.74, 6) is 0.691. The summed E-state index contributed by atoms with van der Waals surface area (Å²) in [4.78, 5) is 8.71. The van der Waals surface area contributed by atoms with Gasteiger partial charge in [-0.2, -0.15) is 0 Å². The van der Waals surface area contributed by atoms with Crippen molar-refractivity contribution in [2.45, 2.75) is 6.92 Å². The van der Waals surface area contributed by atoms with Crippen LogP contribution in [0.5, 0.6) is 0 Å². The van der Waals surface area contributed by atoms with Crippen LogP contribution < -0.4 is 11.1 Å². The van der Waals surface area contributed by atoms with Gasteiger partial charge >= 0.3 is 0 Å². The number of halogens is 2. The van der Waals surface area contributed by atoms with Gasteiger partial charge < -0.3 is 11.1 Å². The van der Waals surface area contributed by atoms with E-state index in [0.29, 0.717) is 16.5 Å². The van der Waals surface area contributed by atoms with Crippen molar-refractivity contribution >= 4 is 55.6 Å². The van der Waals surface area contributed by atoms with Gasteiger partial charge in [-0.1, -0.05) is 11.6 Å². The molecule has 0 amide bonds. The Kier molecular flexibility index (Phi) is 3.69. The zero-order valence-corrected chi connectivity index (χ0v) is 13.5. The number of rotatable bonds is 2. The molecule has 4 nitrogen and oxygen atoms in total.